The summed E-state index contributed by atoms with van der Waals surface area (Å²) in [6.07, 6.45) is 0.857. The van der Waals surface area contributed by atoms with Gasteiger partial charge in [0.2, 0.25) is 0 Å². The number of carbonyl (C=O) groups is 2. The third-order valence-corrected chi connectivity index (χ3v) is 3.57. The maximum atomic E-state index is 12.1. The Morgan fingerprint density at radius 1 is 1.24 bits per heavy atom. The highest BCUT2D eigenvalue weighted by atomic mass is 127. The second-order valence-electron chi connectivity index (χ2n) is 5.00. The zero-order valence-electron chi connectivity index (χ0n) is 12.4. The van der Waals surface area contributed by atoms with Gasteiger partial charge in [-0.05, 0) is 67.9 Å². The summed E-state index contributed by atoms with van der Waals surface area (Å²) < 4.78 is 0.808. The predicted molar refractivity (Wildman–Crippen MR) is 90.9 cm³/mol. The van der Waals surface area contributed by atoms with Crippen LogP contribution >= 0.6 is 22.6 Å². The summed E-state index contributed by atoms with van der Waals surface area (Å²) in [5, 5.41) is 11.8. The minimum absolute atomic E-state index is 0.0944. The van der Waals surface area contributed by atoms with Gasteiger partial charge in [0.05, 0.1) is 11.3 Å². The van der Waals surface area contributed by atoms with Crippen LogP contribution in [0.2, 0.25) is 0 Å². The van der Waals surface area contributed by atoms with Gasteiger partial charge in [-0.2, -0.15) is 0 Å². The fourth-order valence-corrected chi connectivity index (χ4v) is 2.23. The van der Waals surface area contributed by atoms with Gasteiger partial charge in [-0.3, -0.25) is 0 Å². The highest BCUT2D eigenvalue weighted by Crippen LogP contribution is 2.19. The SMILES string of the molecule is CN(C)CCCN(C)C(=O)Nc1ccc(I)cc1C(=O)O. The van der Waals surface area contributed by atoms with Crippen LogP contribution < -0.4 is 5.32 Å². The Kier molecular flexibility index (Phi) is 6.90. The molecule has 0 spiro atoms. The van der Waals surface area contributed by atoms with Crippen molar-refractivity contribution in [3.05, 3.63) is 27.3 Å². The van der Waals surface area contributed by atoms with Crippen LogP contribution in [0.4, 0.5) is 10.5 Å². The molecule has 0 aromatic heterocycles. The molecule has 21 heavy (non-hydrogen) atoms. The second kappa shape index (κ2) is 8.18. The van der Waals surface area contributed by atoms with Gasteiger partial charge in [-0.25, -0.2) is 9.59 Å². The maximum Gasteiger partial charge on any atom is 0.337 e. The molecule has 0 unspecified atom stereocenters. The summed E-state index contributed by atoms with van der Waals surface area (Å²) >= 11 is 2.04. The van der Waals surface area contributed by atoms with E-state index in [2.05, 4.69) is 5.32 Å². The zero-order chi connectivity index (χ0) is 16.0. The van der Waals surface area contributed by atoms with Crippen molar-refractivity contribution in [2.45, 2.75) is 6.42 Å². The molecule has 1 aromatic rings. The van der Waals surface area contributed by atoms with Crippen molar-refractivity contribution in [1.29, 1.82) is 0 Å². The molecule has 2 amide bonds. The number of aromatic carboxylic acids is 1. The fourth-order valence-electron chi connectivity index (χ4n) is 1.74. The van der Waals surface area contributed by atoms with Gasteiger partial charge in [0.15, 0.2) is 0 Å². The molecule has 0 bridgehead atoms. The monoisotopic (exact) mass is 405 g/mol. The summed E-state index contributed by atoms with van der Waals surface area (Å²) in [6, 6.07) is 4.59. The first kappa shape index (κ1) is 17.7. The first-order valence-electron chi connectivity index (χ1n) is 6.51. The average Bonchev–Trinajstić information content (AvgIpc) is 2.39. The van der Waals surface area contributed by atoms with Crippen molar-refractivity contribution in [1.82, 2.24) is 9.80 Å². The van der Waals surface area contributed by atoms with Crippen molar-refractivity contribution < 1.29 is 14.7 Å². The van der Waals surface area contributed by atoms with E-state index in [9.17, 15) is 14.7 Å². The molecule has 0 aliphatic carbocycles. The number of halogens is 1. The van der Waals surface area contributed by atoms with Gasteiger partial charge in [0.1, 0.15) is 0 Å². The van der Waals surface area contributed by atoms with E-state index in [-0.39, 0.29) is 11.6 Å². The summed E-state index contributed by atoms with van der Waals surface area (Å²) in [4.78, 5) is 26.9. The van der Waals surface area contributed by atoms with Crippen LogP contribution in [0.5, 0.6) is 0 Å². The van der Waals surface area contributed by atoms with E-state index in [4.69, 9.17) is 0 Å². The van der Waals surface area contributed by atoms with E-state index >= 15 is 0 Å². The number of carboxylic acids is 1. The number of hydrogen-bond donors (Lipinski definition) is 2. The van der Waals surface area contributed by atoms with Gasteiger partial charge in [0, 0.05) is 17.2 Å². The summed E-state index contributed by atoms with van der Waals surface area (Å²) in [7, 11) is 5.65. The molecule has 0 aliphatic heterocycles. The molecule has 0 fully saturated rings. The summed E-state index contributed by atoms with van der Waals surface area (Å²) in [6.45, 7) is 1.50. The third-order valence-electron chi connectivity index (χ3n) is 2.90. The number of amides is 2. The molecule has 0 aliphatic rings. The van der Waals surface area contributed by atoms with E-state index in [1.54, 1.807) is 24.1 Å². The number of hydrogen-bond acceptors (Lipinski definition) is 3. The third kappa shape index (κ3) is 5.88. The molecular weight excluding hydrogens is 385 g/mol. The second-order valence-corrected chi connectivity index (χ2v) is 6.25. The highest BCUT2D eigenvalue weighted by Gasteiger charge is 2.15. The zero-order valence-corrected chi connectivity index (χ0v) is 14.5. The van der Waals surface area contributed by atoms with Crippen LogP contribution in [-0.4, -0.2) is 61.1 Å². The average molecular weight is 405 g/mol. The minimum Gasteiger partial charge on any atom is -0.478 e. The number of rotatable bonds is 6. The van der Waals surface area contributed by atoms with E-state index < -0.39 is 5.97 Å². The van der Waals surface area contributed by atoms with Crippen molar-refractivity contribution in [3.8, 4) is 0 Å². The smallest absolute Gasteiger partial charge is 0.337 e. The Balaban J connectivity index is 2.68. The Morgan fingerprint density at radius 3 is 2.48 bits per heavy atom. The first-order chi connectivity index (χ1) is 9.81. The lowest BCUT2D eigenvalue weighted by atomic mass is 10.2. The van der Waals surface area contributed by atoms with Crippen molar-refractivity contribution >= 4 is 40.3 Å². The van der Waals surface area contributed by atoms with Gasteiger partial charge in [0.25, 0.3) is 0 Å². The fraction of sp³-hybridized carbons (Fsp3) is 0.429. The van der Waals surface area contributed by atoms with Gasteiger partial charge in [-0.1, -0.05) is 0 Å². The van der Waals surface area contributed by atoms with Crippen LogP contribution in [0.1, 0.15) is 16.8 Å². The standard InChI is InChI=1S/C14H20IN3O3/c1-17(2)7-4-8-18(3)14(21)16-12-6-5-10(15)9-11(12)13(19)20/h5-6,9H,4,7-8H2,1-3H3,(H,16,21)(H,19,20). The number of nitrogens with one attached hydrogen (secondary N) is 1. The molecule has 0 atom stereocenters. The molecule has 0 saturated carbocycles. The molecular formula is C14H20IN3O3. The number of urea groups is 1. The Hall–Kier alpha value is -1.35. The molecule has 7 heteroatoms. The van der Waals surface area contributed by atoms with Gasteiger partial charge in [-0.15, -0.1) is 0 Å². The topological polar surface area (TPSA) is 72.9 Å². The van der Waals surface area contributed by atoms with Crippen LogP contribution in [0.25, 0.3) is 0 Å². The van der Waals surface area contributed by atoms with Crippen LogP contribution in [0.3, 0.4) is 0 Å². The van der Waals surface area contributed by atoms with Gasteiger partial charge >= 0.3 is 12.0 Å². The first-order valence-corrected chi connectivity index (χ1v) is 7.59. The Morgan fingerprint density at radius 2 is 1.90 bits per heavy atom. The van der Waals surface area contributed by atoms with Crippen molar-refractivity contribution in [2.24, 2.45) is 0 Å². The van der Waals surface area contributed by atoms with Crippen molar-refractivity contribution in [3.63, 3.8) is 0 Å². The maximum absolute atomic E-state index is 12.1. The van der Waals surface area contributed by atoms with E-state index in [0.717, 1.165) is 16.5 Å². The van der Waals surface area contributed by atoms with Crippen LogP contribution in [-0.2, 0) is 0 Å². The molecule has 6 nitrogen and oxygen atoms in total. The van der Waals surface area contributed by atoms with Crippen LogP contribution in [0, 0.1) is 3.57 Å². The van der Waals surface area contributed by atoms with E-state index in [0.29, 0.717) is 12.2 Å². The molecule has 2 N–H and O–H groups in total. The number of benzene rings is 1. The van der Waals surface area contributed by atoms with Crippen molar-refractivity contribution in [2.75, 3.05) is 39.5 Å². The Bertz CT molecular complexity index is 520. The molecule has 1 rings (SSSR count). The summed E-state index contributed by atoms with van der Waals surface area (Å²) in [5.74, 6) is -1.06. The number of nitrogens with zero attached hydrogens (tertiary/aromatic N) is 2. The molecule has 0 heterocycles. The van der Waals surface area contributed by atoms with E-state index in [1.807, 2.05) is 41.6 Å². The normalized spacial score (nSPS) is 10.5. The highest BCUT2D eigenvalue weighted by molar-refractivity contribution is 14.1. The Labute approximate surface area is 138 Å². The minimum atomic E-state index is -1.06. The molecule has 0 radical (unpaired) electrons. The molecule has 116 valence electrons. The molecule has 1 aromatic carbocycles. The lowest BCUT2D eigenvalue weighted by molar-refractivity contribution is 0.0698. The van der Waals surface area contributed by atoms with Crippen LogP contribution in [0.15, 0.2) is 18.2 Å². The van der Waals surface area contributed by atoms with E-state index in [1.165, 1.54) is 6.07 Å². The lowest BCUT2D eigenvalue weighted by Gasteiger charge is -2.19. The predicted octanol–water partition coefficient (Wildman–Crippen LogP) is 2.40. The molecule has 0 saturated heterocycles. The number of anilines is 1. The largest absolute Gasteiger partial charge is 0.478 e. The number of carbonyl (C=O) groups excluding carboxylic acids is 1. The number of carboxylic acid groups (broad SMARTS) is 1. The van der Waals surface area contributed by atoms with Gasteiger partial charge < -0.3 is 20.2 Å². The summed E-state index contributed by atoms with van der Waals surface area (Å²) in [5.41, 5.74) is 0.407. The quantitative estimate of drug-likeness (QED) is 0.714. The lowest BCUT2D eigenvalue weighted by Crippen LogP contribution is -2.33.